The Kier molecular flexibility index (Phi) is 6.67. The zero-order valence-corrected chi connectivity index (χ0v) is 20.5. The molecule has 0 saturated heterocycles. The van der Waals surface area contributed by atoms with Gasteiger partial charge in [0.15, 0.2) is 0 Å². The molecule has 0 bridgehead atoms. The Hall–Kier alpha value is -3.19. The lowest BCUT2D eigenvalue weighted by Crippen LogP contribution is -2.20. The topological polar surface area (TPSA) is 3.24 Å². The number of rotatable bonds is 6. The normalized spacial score (nSPS) is 10.8. The molecule has 0 aliphatic rings. The number of para-hydroxylation sites is 1. The number of hydrogen-bond acceptors (Lipinski definition) is 1. The van der Waals surface area contributed by atoms with E-state index in [-0.39, 0.29) is 0 Å². The molecule has 0 aliphatic heterocycles. The molecule has 0 N–H and O–H groups in total. The highest BCUT2D eigenvalue weighted by molar-refractivity contribution is 9.10. The van der Waals surface area contributed by atoms with Crippen LogP contribution in [-0.2, 0) is 0 Å². The lowest BCUT2D eigenvalue weighted by atomic mass is 10.2. The first-order valence-electron chi connectivity index (χ1n) is 10.9. The number of anilines is 3. The van der Waals surface area contributed by atoms with E-state index in [2.05, 4.69) is 160 Å². The Bertz CT molecular complexity index is 1250. The van der Waals surface area contributed by atoms with E-state index in [1.807, 2.05) is 0 Å². The third-order valence-electron chi connectivity index (χ3n) is 5.49. The first-order valence-corrected chi connectivity index (χ1v) is 13.0. The predicted octanol–water partition coefficient (Wildman–Crippen LogP) is 7.68. The van der Waals surface area contributed by atoms with Crippen molar-refractivity contribution in [3.63, 3.8) is 0 Å². The predicted molar refractivity (Wildman–Crippen MR) is 148 cm³/mol. The Balaban J connectivity index is 1.57. The molecule has 0 spiro atoms. The van der Waals surface area contributed by atoms with E-state index in [1.54, 1.807) is 0 Å². The summed E-state index contributed by atoms with van der Waals surface area (Å²) < 4.78 is 1.07. The van der Waals surface area contributed by atoms with Crippen molar-refractivity contribution in [2.24, 2.45) is 0 Å². The first-order chi connectivity index (χ1) is 16.3. The molecule has 0 atom stereocenters. The van der Waals surface area contributed by atoms with Gasteiger partial charge in [-0.3, -0.25) is 0 Å². The van der Waals surface area contributed by atoms with Gasteiger partial charge in [-0.05, 0) is 72.4 Å². The van der Waals surface area contributed by atoms with Crippen LogP contribution in [0.25, 0.3) is 0 Å². The molecule has 0 unspecified atom stereocenters. The summed E-state index contributed by atoms with van der Waals surface area (Å²) in [7, 11) is -0.615. The van der Waals surface area contributed by atoms with Gasteiger partial charge in [0.1, 0.15) is 0 Å². The van der Waals surface area contributed by atoms with Crippen LogP contribution in [0, 0.1) is 0 Å². The van der Waals surface area contributed by atoms with E-state index in [0.717, 1.165) is 21.5 Å². The summed E-state index contributed by atoms with van der Waals surface area (Å²) in [6.45, 7) is 0. The molecule has 0 aliphatic carbocycles. The fourth-order valence-electron chi connectivity index (χ4n) is 3.97. The van der Waals surface area contributed by atoms with E-state index >= 15 is 0 Å². The van der Waals surface area contributed by atoms with Crippen LogP contribution in [0.3, 0.4) is 0 Å². The van der Waals surface area contributed by atoms with Gasteiger partial charge in [0.05, 0.1) is 0 Å². The monoisotopic (exact) mass is 507 g/mol. The lowest BCUT2D eigenvalue weighted by molar-refractivity contribution is 1.28. The fourth-order valence-corrected chi connectivity index (χ4v) is 6.51. The van der Waals surface area contributed by atoms with Crippen molar-refractivity contribution in [1.82, 2.24) is 0 Å². The van der Waals surface area contributed by atoms with Crippen molar-refractivity contribution < 1.29 is 0 Å². The van der Waals surface area contributed by atoms with Crippen molar-refractivity contribution in [3.8, 4) is 0 Å². The van der Waals surface area contributed by atoms with Gasteiger partial charge >= 0.3 is 0 Å². The van der Waals surface area contributed by atoms with Gasteiger partial charge in [-0.2, -0.15) is 0 Å². The van der Waals surface area contributed by atoms with E-state index in [0.29, 0.717) is 0 Å². The molecule has 5 aromatic rings. The molecule has 160 valence electrons. The number of hydrogen-bond donors (Lipinski definition) is 0. The summed E-state index contributed by atoms with van der Waals surface area (Å²) >= 11 is 3.56. The van der Waals surface area contributed by atoms with Crippen molar-refractivity contribution >= 4 is 56.8 Å². The molecular weight excluding hydrogens is 485 g/mol. The highest BCUT2D eigenvalue weighted by atomic mass is 79.9. The van der Waals surface area contributed by atoms with Gasteiger partial charge in [0, 0.05) is 21.5 Å². The van der Waals surface area contributed by atoms with Gasteiger partial charge in [-0.1, -0.05) is 107 Å². The molecule has 0 saturated carbocycles. The minimum Gasteiger partial charge on any atom is -0.311 e. The molecule has 0 fully saturated rings. The van der Waals surface area contributed by atoms with Crippen molar-refractivity contribution in [2.75, 3.05) is 4.90 Å². The number of halogens is 1. The lowest BCUT2D eigenvalue weighted by Gasteiger charge is -2.26. The van der Waals surface area contributed by atoms with E-state index in [9.17, 15) is 0 Å². The zero-order valence-electron chi connectivity index (χ0n) is 18.1. The SMILES string of the molecule is Brc1ccc(N(c2ccccc2)c2ccc(P(c3ccccc3)c3ccccc3)cc2)cc1. The number of benzene rings is 5. The second-order valence-corrected chi connectivity index (χ2v) is 10.8. The summed E-state index contributed by atoms with van der Waals surface area (Å²) in [5.74, 6) is 0. The standard InChI is InChI=1S/C30H23BrNP/c31-24-16-18-26(19-17-24)32(25-10-4-1-5-11-25)27-20-22-30(23-21-27)33(28-12-6-2-7-13-28)29-14-8-3-9-15-29/h1-23H. The van der Waals surface area contributed by atoms with Gasteiger partial charge in [0.2, 0.25) is 0 Å². The maximum Gasteiger partial charge on any atom is 0.0462 e. The third kappa shape index (κ3) is 4.93. The maximum absolute atomic E-state index is 3.56. The molecule has 33 heavy (non-hydrogen) atoms. The summed E-state index contributed by atoms with van der Waals surface area (Å²) in [6, 6.07) is 49.7. The Morgan fingerprint density at radius 3 is 1.24 bits per heavy atom. The van der Waals surface area contributed by atoms with Crippen molar-refractivity contribution in [2.45, 2.75) is 0 Å². The molecule has 5 aromatic carbocycles. The smallest absolute Gasteiger partial charge is 0.0462 e. The van der Waals surface area contributed by atoms with Crippen LogP contribution in [0.5, 0.6) is 0 Å². The summed E-state index contributed by atoms with van der Waals surface area (Å²) in [4.78, 5) is 2.30. The quantitative estimate of drug-likeness (QED) is 0.213. The molecule has 1 nitrogen and oxygen atoms in total. The highest BCUT2D eigenvalue weighted by Gasteiger charge is 2.17. The summed E-state index contributed by atoms with van der Waals surface area (Å²) in [5.41, 5.74) is 3.41. The van der Waals surface area contributed by atoms with Crippen LogP contribution in [0.15, 0.2) is 144 Å². The van der Waals surface area contributed by atoms with Crippen LogP contribution < -0.4 is 20.8 Å². The molecule has 5 rings (SSSR count). The van der Waals surface area contributed by atoms with Crippen molar-refractivity contribution in [3.05, 3.63) is 144 Å². The Labute approximate surface area is 205 Å². The van der Waals surface area contributed by atoms with Gasteiger partial charge in [-0.15, -0.1) is 0 Å². The first kappa shape index (κ1) is 21.6. The van der Waals surface area contributed by atoms with E-state index < -0.39 is 7.92 Å². The van der Waals surface area contributed by atoms with E-state index in [1.165, 1.54) is 15.9 Å². The van der Waals surface area contributed by atoms with Crippen LogP contribution in [0.1, 0.15) is 0 Å². The maximum atomic E-state index is 3.56. The van der Waals surface area contributed by atoms with E-state index in [4.69, 9.17) is 0 Å². The Morgan fingerprint density at radius 1 is 0.394 bits per heavy atom. The van der Waals surface area contributed by atoms with Crippen LogP contribution >= 0.6 is 23.9 Å². The second kappa shape index (κ2) is 10.2. The minimum atomic E-state index is -0.615. The van der Waals surface area contributed by atoms with Crippen LogP contribution in [0.4, 0.5) is 17.1 Å². The van der Waals surface area contributed by atoms with Gasteiger partial charge in [0.25, 0.3) is 0 Å². The summed E-state index contributed by atoms with van der Waals surface area (Å²) in [5, 5.41) is 4.06. The zero-order chi connectivity index (χ0) is 22.5. The molecule has 0 amide bonds. The van der Waals surface area contributed by atoms with Crippen LogP contribution in [-0.4, -0.2) is 0 Å². The number of nitrogens with zero attached hydrogens (tertiary/aromatic N) is 1. The van der Waals surface area contributed by atoms with Crippen LogP contribution in [0.2, 0.25) is 0 Å². The molecule has 0 radical (unpaired) electrons. The molecular formula is C30H23BrNP. The Morgan fingerprint density at radius 2 is 0.758 bits per heavy atom. The largest absolute Gasteiger partial charge is 0.311 e. The fraction of sp³-hybridized carbons (Fsp3) is 0. The molecule has 0 aromatic heterocycles. The molecule has 3 heteroatoms. The van der Waals surface area contributed by atoms with Crippen molar-refractivity contribution in [1.29, 1.82) is 0 Å². The van der Waals surface area contributed by atoms with Gasteiger partial charge in [-0.25, -0.2) is 0 Å². The average molecular weight is 508 g/mol. The minimum absolute atomic E-state index is 0.615. The van der Waals surface area contributed by atoms with Gasteiger partial charge < -0.3 is 4.90 Å². The second-order valence-electron chi connectivity index (χ2n) is 7.67. The summed E-state index contributed by atoms with van der Waals surface area (Å²) in [6.07, 6.45) is 0. The molecule has 0 heterocycles. The highest BCUT2D eigenvalue weighted by Crippen LogP contribution is 2.37. The average Bonchev–Trinajstić information content (AvgIpc) is 2.88. The third-order valence-corrected chi connectivity index (χ3v) is 8.47.